The number of nitrogens with one attached hydrogen (secondary N) is 1. The molecule has 0 aliphatic rings. The molecule has 0 unspecified atom stereocenters. The Kier molecular flexibility index (Phi) is 3.56. The van der Waals surface area contributed by atoms with Gasteiger partial charge in [-0.25, -0.2) is 0 Å². The van der Waals surface area contributed by atoms with Gasteiger partial charge >= 0.3 is 5.97 Å². The number of aliphatic carboxylic acids is 1. The lowest BCUT2D eigenvalue weighted by atomic mass is 10.1. The molecule has 2 aromatic rings. The van der Waals surface area contributed by atoms with Crippen LogP contribution in [-0.4, -0.2) is 27.5 Å². The second-order valence-electron chi connectivity index (χ2n) is 3.86. The molecular formula is C12H11N3O4. The molecule has 0 amide bonds. The second kappa shape index (κ2) is 5.30. The van der Waals surface area contributed by atoms with Crippen LogP contribution in [0.3, 0.4) is 0 Å². The summed E-state index contributed by atoms with van der Waals surface area (Å²) in [5, 5.41) is 22.8. The summed E-state index contributed by atoms with van der Waals surface area (Å²) >= 11 is 0. The largest absolute Gasteiger partial charge is 0.481 e. The molecule has 2 rings (SSSR count). The van der Waals surface area contributed by atoms with E-state index in [1.54, 1.807) is 12.1 Å². The van der Waals surface area contributed by atoms with Gasteiger partial charge in [-0.05, 0) is 18.2 Å². The number of rotatable bonds is 5. The van der Waals surface area contributed by atoms with Crippen LogP contribution >= 0.6 is 0 Å². The van der Waals surface area contributed by atoms with Crippen molar-refractivity contribution in [2.24, 2.45) is 0 Å². The van der Waals surface area contributed by atoms with E-state index in [1.165, 1.54) is 18.3 Å². The zero-order valence-electron chi connectivity index (χ0n) is 9.87. The summed E-state index contributed by atoms with van der Waals surface area (Å²) in [4.78, 5) is 25.0. The van der Waals surface area contributed by atoms with Crippen molar-refractivity contribution in [3.05, 3.63) is 40.6 Å². The number of hydrogen-bond acceptors (Lipinski definition) is 5. The van der Waals surface area contributed by atoms with Crippen LogP contribution in [0, 0.1) is 10.1 Å². The third kappa shape index (κ3) is 2.76. The van der Waals surface area contributed by atoms with Crippen molar-refractivity contribution in [2.75, 3.05) is 11.9 Å². The molecule has 98 valence electrons. The Balaban J connectivity index is 2.38. The fraction of sp³-hybridized carbons (Fsp3) is 0.167. The van der Waals surface area contributed by atoms with Crippen LogP contribution in [0.15, 0.2) is 30.5 Å². The van der Waals surface area contributed by atoms with Gasteiger partial charge < -0.3 is 10.4 Å². The lowest BCUT2D eigenvalue weighted by Gasteiger charge is -2.08. The summed E-state index contributed by atoms with van der Waals surface area (Å²) in [7, 11) is 0. The van der Waals surface area contributed by atoms with Crippen molar-refractivity contribution < 1.29 is 14.8 Å². The minimum Gasteiger partial charge on any atom is -0.481 e. The van der Waals surface area contributed by atoms with Gasteiger partial charge in [-0.1, -0.05) is 0 Å². The minimum atomic E-state index is -0.910. The van der Waals surface area contributed by atoms with Gasteiger partial charge in [-0.15, -0.1) is 0 Å². The van der Waals surface area contributed by atoms with E-state index in [9.17, 15) is 14.9 Å². The monoisotopic (exact) mass is 261 g/mol. The lowest BCUT2D eigenvalue weighted by Crippen LogP contribution is -2.08. The summed E-state index contributed by atoms with van der Waals surface area (Å²) in [6.07, 6.45) is 1.50. The Labute approximate surface area is 108 Å². The SMILES string of the molecule is O=C(O)CCNc1ccc([N+](=O)[O-])c2cccnc12. The van der Waals surface area contributed by atoms with Gasteiger partial charge in [-0.2, -0.15) is 0 Å². The number of hydrogen-bond donors (Lipinski definition) is 2. The number of carboxylic acid groups (broad SMARTS) is 1. The number of non-ortho nitro benzene ring substituents is 1. The normalized spacial score (nSPS) is 10.3. The summed E-state index contributed by atoms with van der Waals surface area (Å²) < 4.78 is 0. The number of fused-ring (bicyclic) bond motifs is 1. The van der Waals surface area contributed by atoms with Crippen molar-refractivity contribution in [1.82, 2.24) is 4.98 Å². The van der Waals surface area contributed by atoms with E-state index < -0.39 is 10.9 Å². The van der Waals surface area contributed by atoms with Crippen LogP contribution in [0.4, 0.5) is 11.4 Å². The first-order valence-corrected chi connectivity index (χ1v) is 5.57. The fourth-order valence-corrected chi connectivity index (χ4v) is 1.76. The van der Waals surface area contributed by atoms with E-state index in [0.29, 0.717) is 16.6 Å². The third-order valence-electron chi connectivity index (χ3n) is 2.60. The first kappa shape index (κ1) is 12.7. The molecule has 1 aromatic heterocycles. The van der Waals surface area contributed by atoms with Crippen LogP contribution < -0.4 is 5.32 Å². The van der Waals surface area contributed by atoms with Crippen LogP contribution in [0.25, 0.3) is 10.9 Å². The molecule has 0 aliphatic carbocycles. The molecule has 0 aliphatic heterocycles. The highest BCUT2D eigenvalue weighted by Crippen LogP contribution is 2.29. The first-order chi connectivity index (χ1) is 9.09. The van der Waals surface area contributed by atoms with E-state index in [4.69, 9.17) is 5.11 Å². The number of nitro benzene ring substituents is 1. The topological polar surface area (TPSA) is 105 Å². The highest BCUT2D eigenvalue weighted by atomic mass is 16.6. The third-order valence-corrected chi connectivity index (χ3v) is 2.60. The average Bonchev–Trinajstić information content (AvgIpc) is 2.38. The van der Waals surface area contributed by atoms with Gasteiger partial charge in [-0.3, -0.25) is 19.9 Å². The Hall–Kier alpha value is -2.70. The number of pyridine rings is 1. The zero-order valence-corrected chi connectivity index (χ0v) is 9.87. The molecule has 0 saturated carbocycles. The molecule has 1 heterocycles. The Morgan fingerprint density at radius 3 is 2.89 bits per heavy atom. The Bertz CT molecular complexity index is 642. The quantitative estimate of drug-likeness (QED) is 0.630. The van der Waals surface area contributed by atoms with Gasteiger partial charge in [0.25, 0.3) is 5.69 Å². The fourth-order valence-electron chi connectivity index (χ4n) is 1.76. The van der Waals surface area contributed by atoms with Crippen LogP contribution in [0.1, 0.15) is 6.42 Å². The van der Waals surface area contributed by atoms with Gasteiger partial charge in [0, 0.05) is 18.8 Å². The van der Waals surface area contributed by atoms with E-state index in [1.807, 2.05) is 0 Å². The van der Waals surface area contributed by atoms with Crippen molar-refractivity contribution in [3.8, 4) is 0 Å². The van der Waals surface area contributed by atoms with E-state index in [2.05, 4.69) is 10.3 Å². The number of carboxylic acids is 1. The standard InChI is InChI=1S/C12H11N3O4/c16-11(17)5-7-13-9-3-4-10(15(18)19)8-2-1-6-14-12(8)9/h1-4,6,13H,5,7H2,(H,16,17). The maximum Gasteiger partial charge on any atom is 0.305 e. The molecule has 1 aromatic carbocycles. The maximum atomic E-state index is 10.9. The molecule has 7 nitrogen and oxygen atoms in total. The smallest absolute Gasteiger partial charge is 0.305 e. The number of nitrogens with zero attached hydrogens (tertiary/aromatic N) is 2. The lowest BCUT2D eigenvalue weighted by molar-refractivity contribution is -0.383. The predicted octanol–water partition coefficient (Wildman–Crippen LogP) is 2.03. The number of nitro groups is 1. The van der Waals surface area contributed by atoms with E-state index >= 15 is 0 Å². The molecule has 0 radical (unpaired) electrons. The van der Waals surface area contributed by atoms with Crippen molar-refractivity contribution in [3.63, 3.8) is 0 Å². The van der Waals surface area contributed by atoms with Gasteiger partial charge in [0.15, 0.2) is 0 Å². The minimum absolute atomic E-state index is 0.0214. The van der Waals surface area contributed by atoms with Crippen molar-refractivity contribution >= 4 is 28.2 Å². The van der Waals surface area contributed by atoms with Crippen LogP contribution in [0.5, 0.6) is 0 Å². The predicted molar refractivity (Wildman–Crippen MR) is 69.1 cm³/mol. The summed E-state index contributed by atoms with van der Waals surface area (Å²) in [6.45, 7) is 0.235. The molecular weight excluding hydrogens is 250 g/mol. The van der Waals surface area contributed by atoms with Gasteiger partial charge in [0.1, 0.15) is 5.52 Å². The maximum absolute atomic E-state index is 10.9. The van der Waals surface area contributed by atoms with E-state index in [0.717, 1.165) is 0 Å². The molecule has 19 heavy (non-hydrogen) atoms. The van der Waals surface area contributed by atoms with Crippen LogP contribution in [0.2, 0.25) is 0 Å². The Morgan fingerprint density at radius 1 is 1.42 bits per heavy atom. The van der Waals surface area contributed by atoms with E-state index in [-0.39, 0.29) is 18.7 Å². The van der Waals surface area contributed by atoms with Crippen molar-refractivity contribution in [2.45, 2.75) is 6.42 Å². The highest BCUT2D eigenvalue weighted by Gasteiger charge is 2.14. The van der Waals surface area contributed by atoms with Crippen LogP contribution in [-0.2, 0) is 4.79 Å². The van der Waals surface area contributed by atoms with Gasteiger partial charge in [0.2, 0.25) is 0 Å². The zero-order chi connectivity index (χ0) is 13.8. The number of anilines is 1. The molecule has 0 saturated heterocycles. The molecule has 2 N–H and O–H groups in total. The average molecular weight is 261 g/mol. The number of benzene rings is 1. The van der Waals surface area contributed by atoms with Gasteiger partial charge in [0.05, 0.1) is 22.4 Å². The summed E-state index contributed by atoms with van der Waals surface area (Å²) in [6, 6.07) is 6.15. The first-order valence-electron chi connectivity index (χ1n) is 5.57. The molecule has 7 heteroatoms. The molecule has 0 fully saturated rings. The number of carbonyl (C=O) groups is 1. The molecule has 0 atom stereocenters. The summed E-state index contributed by atoms with van der Waals surface area (Å²) in [5.41, 5.74) is 1.02. The highest BCUT2D eigenvalue weighted by molar-refractivity contribution is 5.96. The second-order valence-corrected chi connectivity index (χ2v) is 3.86. The van der Waals surface area contributed by atoms with Crippen molar-refractivity contribution in [1.29, 1.82) is 0 Å². The summed E-state index contributed by atoms with van der Waals surface area (Å²) in [5.74, 6) is -0.910. The Morgan fingerprint density at radius 2 is 2.21 bits per heavy atom. The number of aromatic nitrogens is 1. The molecule has 0 bridgehead atoms. The molecule has 0 spiro atoms.